The predicted molar refractivity (Wildman–Crippen MR) is 92.1 cm³/mol. The Morgan fingerprint density at radius 3 is 2.52 bits per heavy atom. The number of aliphatic hydroxyl groups is 1. The molecule has 1 amide bonds. The van der Waals surface area contributed by atoms with Gasteiger partial charge >= 0.3 is 0 Å². The molecule has 0 saturated carbocycles. The van der Waals surface area contributed by atoms with Crippen molar-refractivity contribution in [3.05, 3.63) is 54.1 Å². The van der Waals surface area contributed by atoms with E-state index < -0.39 is 6.10 Å². The van der Waals surface area contributed by atoms with Crippen LogP contribution in [0.2, 0.25) is 0 Å². The number of nitrogens with zero attached hydrogens (tertiary/aromatic N) is 1. The highest BCUT2D eigenvalue weighted by Crippen LogP contribution is 2.45. The monoisotopic (exact) mass is 329 g/mol. The van der Waals surface area contributed by atoms with Crippen LogP contribution in [-0.2, 0) is 4.79 Å². The molecule has 0 bridgehead atoms. The maximum atomic E-state index is 12.7. The van der Waals surface area contributed by atoms with Crippen LogP contribution in [0.3, 0.4) is 0 Å². The van der Waals surface area contributed by atoms with E-state index in [2.05, 4.69) is 0 Å². The smallest absolute Gasteiger partial charge is 0.257 e. The van der Waals surface area contributed by atoms with Crippen LogP contribution in [0.25, 0.3) is 0 Å². The van der Waals surface area contributed by atoms with Gasteiger partial charge in [0, 0.05) is 11.4 Å². The fraction of sp³-hybridized carbons (Fsp3) is 0.278. The number of para-hydroxylation sites is 1. The number of hydrogen-bond acceptors (Lipinski definition) is 4. The first-order valence-electron chi connectivity index (χ1n) is 7.54. The average Bonchev–Trinajstić information content (AvgIpc) is 2.70. The van der Waals surface area contributed by atoms with Crippen LogP contribution in [0, 0.1) is 0 Å². The quantitative estimate of drug-likeness (QED) is 0.939. The summed E-state index contributed by atoms with van der Waals surface area (Å²) in [5.74, 6) is 0.495. The van der Waals surface area contributed by atoms with E-state index in [9.17, 15) is 9.90 Å². The summed E-state index contributed by atoms with van der Waals surface area (Å²) in [4.78, 5) is 15.3. The van der Waals surface area contributed by atoms with Gasteiger partial charge in [-0.2, -0.15) is 0 Å². The lowest BCUT2D eigenvalue weighted by Gasteiger charge is -2.23. The van der Waals surface area contributed by atoms with Crippen molar-refractivity contribution in [3.63, 3.8) is 0 Å². The van der Waals surface area contributed by atoms with E-state index in [0.717, 1.165) is 21.9 Å². The van der Waals surface area contributed by atoms with E-state index in [1.807, 2.05) is 55.5 Å². The van der Waals surface area contributed by atoms with E-state index >= 15 is 0 Å². The Morgan fingerprint density at radius 1 is 1.17 bits per heavy atom. The summed E-state index contributed by atoms with van der Waals surface area (Å²) in [6, 6.07) is 15.3. The van der Waals surface area contributed by atoms with Crippen LogP contribution in [0.4, 0.5) is 5.69 Å². The lowest BCUT2D eigenvalue weighted by molar-refractivity contribution is -0.126. The number of fused-ring (bicyclic) bond motifs is 1. The molecule has 120 valence electrons. The molecule has 0 aliphatic carbocycles. The van der Waals surface area contributed by atoms with Crippen LogP contribution in [0.15, 0.2) is 53.4 Å². The molecule has 2 atom stereocenters. The first kappa shape index (κ1) is 15.9. The molecule has 1 heterocycles. The summed E-state index contributed by atoms with van der Waals surface area (Å²) in [6.45, 7) is 2.45. The van der Waals surface area contributed by atoms with Crippen molar-refractivity contribution < 1.29 is 14.6 Å². The van der Waals surface area contributed by atoms with Crippen molar-refractivity contribution in [3.8, 4) is 5.75 Å². The molecule has 0 radical (unpaired) electrons. The summed E-state index contributed by atoms with van der Waals surface area (Å²) in [5, 5.41) is 10.3. The van der Waals surface area contributed by atoms with Crippen molar-refractivity contribution in [2.24, 2.45) is 0 Å². The summed E-state index contributed by atoms with van der Waals surface area (Å²) in [7, 11) is 1.61. The molecule has 2 unspecified atom stereocenters. The lowest BCUT2D eigenvalue weighted by atomic mass is 10.1. The highest BCUT2D eigenvalue weighted by atomic mass is 32.2. The standard InChI is InChI=1S/C18H19NO3S/c1-3-19-14-6-4-5-7-15(14)23-17(16(20)18(19)21)12-8-10-13(22-2)11-9-12/h4-11,16-17,20H,3H2,1-2H3. The molecule has 1 aliphatic heterocycles. The van der Waals surface area contributed by atoms with Gasteiger partial charge in [-0.1, -0.05) is 24.3 Å². The molecule has 0 fully saturated rings. The highest BCUT2D eigenvalue weighted by Gasteiger charge is 2.36. The Kier molecular flexibility index (Phi) is 4.59. The Labute approximate surface area is 140 Å². The van der Waals surface area contributed by atoms with Crippen molar-refractivity contribution in [2.45, 2.75) is 23.2 Å². The number of hydrogen-bond donors (Lipinski definition) is 1. The van der Waals surface area contributed by atoms with E-state index in [1.165, 1.54) is 11.8 Å². The number of ether oxygens (including phenoxy) is 1. The van der Waals surface area contributed by atoms with E-state index in [1.54, 1.807) is 12.0 Å². The lowest BCUT2D eigenvalue weighted by Crippen LogP contribution is -2.40. The third-order valence-corrected chi connectivity index (χ3v) is 5.36. The number of methoxy groups -OCH3 is 1. The number of carbonyl (C=O) groups excluding carboxylic acids is 1. The number of likely N-dealkylation sites (N-methyl/N-ethyl adjacent to an activating group) is 1. The molecule has 4 nitrogen and oxygen atoms in total. The summed E-state index contributed by atoms with van der Waals surface area (Å²) >= 11 is 1.52. The SMILES string of the molecule is CCN1C(=O)C(O)C(c2ccc(OC)cc2)Sc2ccccc21. The van der Waals surface area contributed by atoms with Gasteiger partial charge in [0.05, 0.1) is 18.0 Å². The zero-order chi connectivity index (χ0) is 16.4. The van der Waals surface area contributed by atoms with Crippen molar-refractivity contribution in [1.82, 2.24) is 0 Å². The van der Waals surface area contributed by atoms with Gasteiger partial charge in [-0.25, -0.2) is 0 Å². The van der Waals surface area contributed by atoms with E-state index in [4.69, 9.17) is 4.74 Å². The maximum Gasteiger partial charge on any atom is 0.257 e. The molecular weight excluding hydrogens is 310 g/mol. The molecule has 2 aromatic rings. The van der Waals surface area contributed by atoms with Gasteiger partial charge in [-0.3, -0.25) is 4.79 Å². The first-order valence-corrected chi connectivity index (χ1v) is 8.42. The summed E-state index contributed by atoms with van der Waals surface area (Å²) < 4.78 is 5.18. The summed E-state index contributed by atoms with van der Waals surface area (Å²) in [5.41, 5.74) is 1.77. The number of thioether (sulfide) groups is 1. The van der Waals surface area contributed by atoms with Crippen LogP contribution in [0.1, 0.15) is 17.7 Å². The van der Waals surface area contributed by atoms with Crippen LogP contribution in [-0.4, -0.2) is 30.8 Å². The zero-order valence-corrected chi connectivity index (χ0v) is 13.9. The largest absolute Gasteiger partial charge is 0.497 e. The molecule has 5 heteroatoms. The minimum absolute atomic E-state index is 0.259. The second-order valence-corrected chi connectivity index (χ2v) is 6.49. The Bertz CT molecular complexity index is 702. The molecule has 2 aromatic carbocycles. The fourth-order valence-electron chi connectivity index (χ4n) is 2.76. The highest BCUT2D eigenvalue weighted by molar-refractivity contribution is 7.99. The molecule has 0 spiro atoms. The zero-order valence-electron chi connectivity index (χ0n) is 13.1. The second kappa shape index (κ2) is 6.64. The number of carbonyl (C=O) groups is 1. The van der Waals surface area contributed by atoms with Crippen molar-refractivity contribution in [2.75, 3.05) is 18.6 Å². The molecule has 0 aromatic heterocycles. The van der Waals surface area contributed by atoms with Gasteiger partial charge in [0.15, 0.2) is 0 Å². The van der Waals surface area contributed by atoms with Crippen LogP contribution < -0.4 is 9.64 Å². The second-order valence-electron chi connectivity index (χ2n) is 5.31. The van der Waals surface area contributed by atoms with Gasteiger partial charge in [-0.15, -0.1) is 11.8 Å². The molecule has 23 heavy (non-hydrogen) atoms. The third-order valence-electron chi connectivity index (χ3n) is 3.98. The number of rotatable bonds is 3. The molecule has 1 N–H and O–H groups in total. The molecule has 0 saturated heterocycles. The Morgan fingerprint density at radius 2 is 1.87 bits per heavy atom. The minimum atomic E-state index is -1.08. The van der Waals surface area contributed by atoms with Gasteiger partial charge in [0.1, 0.15) is 11.9 Å². The van der Waals surface area contributed by atoms with Crippen molar-refractivity contribution >= 4 is 23.4 Å². The normalized spacial score (nSPS) is 20.8. The third kappa shape index (κ3) is 2.94. The minimum Gasteiger partial charge on any atom is -0.497 e. The summed E-state index contributed by atoms with van der Waals surface area (Å²) in [6.07, 6.45) is -1.08. The number of amides is 1. The van der Waals surface area contributed by atoms with Gasteiger partial charge in [0.25, 0.3) is 5.91 Å². The van der Waals surface area contributed by atoms with Crippen LogP contribution in [0.5, 0.6) is 5.75 Å². The van der Waals surface area contributed by atoms with Crippen LogP contribution >= 0.6 is 11.8 Å². The number of aliphatic hydroxyl groups excluding tert-OH is 1. The van der Waals surface area contributed by atoms with Crippen molar-refractivity contribution in [1.29, 1.82) is 0 Å². The number of anilines is 1. The van der Waals surface area contributed by atoms with E-state index in [-0.39, 0.29) is 11.2 Å². The predicted octanol–water partition coefficient (Wildman–Crippen LogP) is 3.26. The molecule has 1 aliphatic rings. The van der Waals surface area contributed by atoms with Gasteiger partial charge in [-0.05, 0) is 36.8 Å². The van der Waals surface area contributed by atoms with Gasteiger partial charge in [0.2, 0.25) is 0 Å². The molecular formula is C18H19NO3S. The van der Waals surface area contributed by atoms with E-state index in [0.29, 0.717) is 6.54 Å². The average molecular weight is 329 g/mol. The topological polar surface area (TPSA) is 49.8 Å². The first-order chi connectivity index (χ1) is 11.2. The Hall–Kier alpha value is -1.98. The maximum absolute atomic E-state index is 12.7. The Balaban J connectivity index is 2.03. The fourth-order valence-corrected chi connectivity index (χ4v) is 4.03. The molecule has 3 rings (SSSR count). The number of benzene rings is 2. The van der Waals surface area contributed by atoms with Gasteiger partial charge < -0.3 is 14.7 Å².